The Morgan fingerprint density at radius 2 is 2.06 bits per heavy atom. The lowest BCUT2D eigenvalue weighted by atomic mass is 10.0. The van der Waals surface area contributed by atoms with Gasteiger partial charge in [0.2, 0.25) is 5.91 Å². The lowest BCUT2D eigenvalue weighted by Gasteiger charge is -2.36. The molecule has 2 fully saturated rings. The Kier molecular flexibility index (Phi) is 4.40. The smallest absolute Gasteiger partial charge is 0.236 e. The number of carbonyl (C=O) groups excluding carboxylic acids is 1. The monoisotopic (exact) mass is 240 g/mol. The van der Waals surface area contributed by atoms with Crippen LogP contribution in [0.1, 0.15) is 39.0 Å². The van der Waals surface area contributed by atoms with E-state index in [-0.39, 0.29) is 12.0 Å². The molecular weight excluding hydrogens is 216 g/mol. The average Bonchev–Trinajstić information content (AvgIpc) is 2.29. The summed E-state index contributed by atoms with van der Waals surface area (Å²) in [4.78, 5) is 16.3. The first-order valence-corrected chi connectivity index (χ1v) is 6.86. The Morgan fingerprint density at radius 1 is 1.24 bits per heavy atom. The second-order valence-corrected chi connectivity index (χ2v) is 5.46. The predicted molar refractivity (Wildman–Crippen MR) is 66.7 cm³/mol. The summed E-state index contributed by atoms with van der Waals surface area (Å²) in [5.74, 6) is 0.242. The van der Waals surface area contributed by atoms with Gasteiger partial charge in [-0.1, -0.05) is 0 Å². The Bertz CT molecular complexity index is 270. The van der Waals surface area contributed by atoms with Crippen LogP contribution in [0, 0.1) is 0 Å². The summed E-state index contributed by atoms with van der Waals surface area (Å²) < 4.78 is 0. The number of hydrogen-bond donors (Lipinski definition) is 1. The van der Waals surface area contributed by atoms with Gasteiger partial charge in [0, 0.05) is 19.1 Å². The van der Waals surface area contributed by atoms with E-state index in [0.717, 1.165) is 38.8 Å². The van der Waals surface area contributed by atoms with Crippen LogP contribution in [0.3, 0.4) is 0 Å². The Balaban J connectivity index is 1.83. The van der Waals surface area contributed by atoms with Crippen molar-refractivity contribution in [2.45, 2.75) is 51.2 Å². The first-order valence-electron chi connectivity index (χ1n) is 6.86. The van der Waals surface area contributed by atoms with E-state index in [2.05, 4.69) is 11.8 Å². The van der Waals surface area contributed by atoms with Crippen LogP contribution in [0.15, 0.2) is 0 Å². The van der Waals surface area contributed by atoms with Crippen LogP contribution in [0.2, 0.25) is 0 Å². The highest BCUT2D eigenvalue weighted by Crippen LogP contribution is 2.17. The summed E-state index contributed by atoms with van der Waals surface area (Å²) in [5.41, 5.74) is 0. The average molecular weight is 240 g/mol. The molecule has 4 nitrogen and oxygen atoms in total. The molecule has 0 aromatic rings. The number of amides is 1. The van der Waals surface area contributed by atoms with E-state index in [1.807, 2.05) is 4.90 Å². The highest BCUT2D eigenvalue weighted by Gasteiger charge is 2.26. The molecule has 2 saturated heterocycles. The van der Waals surface area contributed by atoms with Gasteiger partial charge in [-0.2, -0.15) is 0 Å². The van der Waals surface area contributed by atoms with E-state index in [4.69, 9.17) is 0 Å². The fourth-order valence-corrected chi connectivity index (χ4v) is 2.93. The van der Waals surface area contributed by atoms with Crippen molar-refractivity contribution in [3.05, 3.63) is 0 Å². The zero-order chi connectivity index (χ0) is 12.3. The molecule has 98 valence electrons. The van der Waals surface area contributed by atoms with Crippen LogP contribution in [0.5, 0.6) is 0 Å². The van der Waals surface area contributed by atoms with Gasteiger partial charge in [0.25, 0.3) is 0 Å². The zero-order valence-electron chi connectivity index (χ0n) is 10.8. The zero-order valence-corrected chi connectivity index (χ0v) is 10.8. The normalized spacial score (nSPS) is 31.5. The van der Waals surface area contributed by atoms with E-state index >= 15 is 0 Å². The van der Waals surface area contributed by atoms with Crippen LogP contribution < -0.4 is 0 Å². The molecule has 2 atom stereocenters. The van der Waals surface area contributed by atoms with Gasteiger partial charge in [-0.15, -0.1) is 0 Å². The molecule has 1 unspecified atom stereocenters. The molecule has 17 heavy (non-hydrogen) atoms. The van der Waals surface area contributed by atoms with Crippen LogP contribution in [0.25, 0.3) is 0 Å². The number of nitrogens with zero attached hydrogens (tertiary/aromatic N) is 2. The van der Waals surface area contributed by atoms with Gasteiger partial charge in [0.15, 0.2) is 0 Å². The predicted octanol–water partition coefficient (Wildman–Crippen LogP) is 0.844. The molecule has 0 radical (unpaired) electrons. The highest BCUT2D eigenvalue weighted by molar-refractivity contribution is 5.78. The van der Waals surface area contributed by atoms with E-state index in [1.54, 1.807) is 0 Å². The van der Waals surface area contributed by atoms with Gasteiger partial charge in [0.1, 0.15) is 0 Å². The Labute approximate surface area is 104 Å². The summed E-state index contributed by atoms with van der Waals surface area (Å²) in [6.45, 7) is 5.15. The van der Waals surface area contributed by atoms with Crippen molar-refractivity contribution in [1.29, 1.82) is 0 Å². The highest BCUT2D eigenvalue weighted by atomic mass is 16.3. The van der Waals surface area contributed by atoms with Crippen molar-refractivity contribution in [2.75, 3.05) is 26.2 Å². The van der Waals surface area contributed by atoms with Crippen molar-refractivity contribution in [3.8, 4) is 0 Å². The van der Waals surface area contributed by atoms with Crippen molar-refractivity contribution in [3.63, 3.8) is 0 Å². The molecule has 2 rings (SSSR count). The largest absolute Gasteiger partial charge is 0.392 e. The fourth-order valence-electron chi connectivity index (χ4n) is 2.93. The number of rotatable bonds is 2. The molecule has 2 aliphatic rings. The second-order valence-electron chi connectivity index (χ2n) is 5.46. The molecule has 0 spiro atoms. The topological polar surface area (TPSA) is 43.8 Å². The van der Waals surface area contributed by atoms with Crippen molar-refractivity contribution in [2.24, 2.45) is 0 Å². The lowest BCUT2D eigenvalue weighted by molar-refractivity contribution is -0.136. The standard InChI is InChI=1S/C13H24N2O2/c1-11-5-2-3-8-15(11)13(17)10-14-7-4-6-12(16)9-14/h11-12,16H,2-10H2,1H3/t11?,12-/m0/s1. The summed E-state index contributed by atoms with van der Waals surface area (Å²) in [6, 6.07) is 0.394. The minimum Gasteiger partial charge on any atom is -0.392 e. The first-order chi connectivity index (χ1) is 8.16. The van der Waals surface area contributed by atoms with E-state index < -0.39 is 0 Å². The Hall–Kier alpha value is -0.610. The third kappa shape index (κ3) is 3.42. The molecule has 2 aliphatic heterocycles. The van der Waals surface area contributed by atoms with Gasteiger partial charge in [0.05, 0.1) is 12.6 Å². The summed E-state index contributed by atoms with van der Waals surface area (Å²) in [6.07, 6.45) is 5.16. The van der Waals surface area contributed by atoms with Gasteiger partial charge in [-0.25, -0.2) is 0 Å². The Morgan fingerprint density at radius 3 is 2.76 bits per heavy atom. The summed E-state index contributed by atoms with van der Waals surface area (Å²) in [5, 5.41) is 9.59. The lowest BCUT2D eigenvalue weighted by Crippen LogP contribution is -2.49. The van der Waals surface area contributed by atoms with Crippen LogP contribution in [-0.4, -0.2) is 59.1 Å². The number of β-amino-alcohol motifs (C(OH)–C–C–N with tert-alkyl or cyclic N) is 1. The molecule has 0 aliphatic carbocycles. The minimum atomic E-state index is -0.240. The molecule has 0 saturated carbocycles. The SMILES string of the molecule is CC1CCCCN1C(=O)CN1CCC[C@H](O)C1. The number of aliphatic hydroxyl groups is 1. The number of piperidine rings is 2. The van der Waals surface area contributed by atoms with E-state index in [9.17, 15) is 9.90 Å². The van der Waals surface area contributed by atoms with Crippen LogP contribution >= 0.6 is 0 Å². The van der Waals surface area contributed by atoms with Crippen LogP contribution in [0.4, 0.5) is 0 Å². The minimum absolute atomic E-state index is 0.240. The third-order valence-electron chi connectivity index (χ3n) is 3.96. The number of hydrogen-bond acceptors (Lipinski definition) is 3. The second kappa shape index (κ2) is 5.83. The molecular formula is C13H24N2O2. The maximum Gasteiger partial charge on any atom is 0.236 e. The van der Waals surface area contributed by atoms with Crippen molar-refractivity contribution >= 4 is 5.91 Å². The summed E-state index contributed by atoms with van der Waals surface area (Å²) >= 11 is 0. The molecule has 4 heteroatoms. The number of aliphatic hydroxyl groups excluding tert-OH is 1. The molecule has 0 aromatic heterocycles. The fraction of sp³-hybridized carbons (Fsp3) is 0.923. The van der Waals surface area contributed by atoms with Gasteiger partial charge in [-0.3, -0.25) is 9.69 Å². The molecule has 1 N–H and O–H groups in total. The first kappa shape index (κ1) is 12.8. The maximum absolute atomic E-state index is 12.2. The third-order valence-corrected chi connectivity index (χ3v) is 3.96. The van der Waals surface area contributed by atoms with E-state index in [1.165, 1.54) is 6.42 Å². The molecule has 0 bridgehead atoms. The molecule has 1 amide bonds. The van der Waals surface area contributed by atoms with Gasteiger partial charge >= 0.3 is 0 Å². The summed E-state index contributed by atoms with van der Waals surface area (Å²) in [7, 11) is 0. The van der Waals surface area contributed by atoms with Crippen LogP contribution in [-0.2, 0) is 4.79 Å². The number of likely N-dealkylation sites (tertiary alicyclic amines) is 2. The number of carbonyl (C=O) groups is 1. The van der Waals surface area contributed by atoms with Crippen molar-refractivity contribution in [1.82, 2.24) is 9.80 Å². The quantitative estimate of drug-likeness (QED) is 0.778. The van der Waals surface area contributed by atoms with Crippen molar-refractivity contribution < 1.29 is 9.90 Å². The molecule has 2 heterocycles. The maximum atomic E-state index is 12.2. The van der Waals surface area contributed by atoms with Gasteiger partial charge < -0.3 is 10.0 Å². The van der Waals surface area contributed by atoms with Gasteiger partial charge in [-0.05, 0) is 45.6 Å². The molecule has 0 aromatic carbocycles. The van der Waals surface area contributed by atoms with E-state index in [0.29, 0.717) is 19.1 Å².